The van der Waals surface area contributed by atoms with Crippen molar-refractivity contribution in [3.05, 3.63) is 59.2 Å². The molecule has 5 nitrogen and oxygen atoms in total. The molecular formula is C23H32O5. The molecule has 5 heteroatoms. The van der Waals surface area contributed by atoms with Crippen molar-refractivity contribution in [3.63, 3.8) is 0 Å². The molecule has 0 saturated heterocycles. The van der Waals surface area contributed by atoms with Gasteiger partial charge in [-0.2, -0.15) is 0 Å². The Balaban J connectivity index is 3.03. The summed E-state index contributed by atoms with van der Waals surface area (Å²) in [5, 5.41) is 8.76. The fourth-order valence-corrected chi connectivity index (χ4v) is 2.43. The smallest absolute Gasteiger partial charge is 0.328 e. The van der Waals surface area contributed by atoms with Gasteiger partial charge in [-0.1, -0.05) is 45.1 Å². The van der Waals surface area contributed by atoms with Crippen LogP contribution in [-0.2, 0) is 19.7 Å². The summed E-state index contributed by atoms with van der Waals surface area (Å²) in [7, 11) is 1.59. The molecule has 154 valence electrons. The van der Waals surface area contributed by atoms with Gasteiger partial charge in [-0.25, -0.2) is 4.79 Å². The molecule has 1 aromatic carbocycles. The van der Waals surface area contributed by atoms with Crippen LogP contribution in [0.3, 0.4) is 0 Å². The van der Waals surface area contributed by atoms with Gasteiger partial charge >= 0.3 is 5.97 Å². The van der Waals surface area contributed by atoms with Crippen LogP contribution in [0, 0.1) is 0 Å². The van der Waals surface area contributed by atoms with Crippen LogP contribution in [0.4, 0.5) is 0 Å². The lowest BCUT2D eigenvalue weighted by atomic mass is 9.84. The van der Waals surface area contributed by atoms with Crippen molar-refractivity contribution in [2.24, 2.45) is 0 Å². The average Bonchev–Trinajstić information content (AvgIpc) is 2.60. The summed E-state index contributed by atoms with van der Waals surface area (Å²) in [6.45, 7) is 12.1. The van der Waals surface area contributed by atoms with E-state index in [1.54, 1.807) is 20.1 Å². The molecule has 1 rings (SSSR count). The maximum atomic E-state index is 10.7. The van der Waals surface area contributed by atoms with E-state index in [2.05, 4.69) is 26.8 Å². The molecule has 0 fully saturated rings. The summed E-state index contributed by atoms with van der Waals surface area (Å²) in [5.41, 5.74) is 3.81. The van der Waals surface area contributed by atoms with Crippen molar-refractivity contribution >= 4 is 11.5 Å². The number of methoxy groups -OCH3 is 1. The summed E-state index contributed by atoms with van der Waals surface area (Å²) in [6.07, 6.45) is 6.44. The van der Waals surface area contributed by atoms with Crippen LogP contribution in [-0.4, -0.2) is 31.3 Å². The standard InChI is InChI=1S/C23H32O5/c1-16(13-22(24)25)9-8-10-17(2)19-11-12-21(20(14-19)23(4,5)6)28-15-27-18(3)26-7/h8-14,18H,15H2,1-7H3,(H,24,25)/b9-8+,16-13+,17-10+. The number of carboxylic acid groups (broad SMARTS) is 1. The monoisotopic (exact) mass is 388 g/mol. The molecule has 0 bridgehead atoms. The van der Waals surface area contributed by atoms with E-state index in [1.807, 2.05) is 38.1 Å². The van der Waals surface area contributed by atoms with E-state index in [0.29, 0.717) is 5.57 Å². The van der Waals surface area contributed by atoms with Crippen molar-refractivity contribution < 1.29 is 24.1 Å². The van der Waals surface area contributed by atoms with Gasteiger partial charge in [0.15, 0.2) is 13.1 Å². The number of carbonyl (C=O) groups is 1. The van der Waals surface area contributed by atoms with E-state index in [0.717, 1.165) is 22.4 Å². The van der Waals surface area contributed by atoms with E-state index in [4.69, 9.17) is 19.3 Å². The first kappa shape index (κ1) is 23.7. The maximum absolute atomic E-state index is 10.7. The first-order valence-electron chi connectivity index (χ1n) is 9.23. The molecule has 0 heterocycles. The minimum atomic E-state index is -0.947. The van der Waals surface area contributed by atoms with Crippen LogP contribution >= 0.6 is 0 Å². The van der Waals surface area contributed by atoms with Crippen LogP contribution in [0.5, 0.6) is 5.75 Å². The third-order valence-corrected chi connectivity index (χ3v) is 4.15. The lowest BCUT2D eigenvalue weighted by Crippen LogP contribution is -2.18. The van der Waals surface area contributed by atoms with E-state index in [-0.39, 0.29) is 18.5 Å². The zero-order valence-electron chi connectivity index (χ0n) is 17.9. The highest BCUT2D eigenvalue weighted by molar-refractivity contribution is 5.81. The molecule has 1 atom stereocenters. The summed E-state index contributed by atoms with van der Waals surface area (Å²) in [6, 6.07) is 6.08. The number of rotatable bonds is 9. The molecule has 1 aromatic rings. The second-order valence-corrected chi connectivity index (χ2v) is 7.63. The highest BCUT2D eigenvalue weighted by Gasteiger charge is 2.20. The van der Waals surface area contributed by atoms with Gasteiger partial charge in [0.2, 0.25) is 0 Å². The fourth-order valence-electron chi connectivity index (χ4n) is 2.43. The normalized spacial score (nSPS) is 14.4. The lowest BCUT2D eigenvalue weighted by molar-refractivity contribution is -0.149. The van der Waals surface area contributed by atoms with Crippen molar-refractivity contribution in [1.29, 1.82) is 0 Å². The second kappa shape index (κ2) is 10.8. The van der Waals surface area contributed by atoms with Crippen LogP contribution in [0.1, 0.15) is 52.7 Å². The number of hydrogen-bond acceptors (Lipinski definition) is 4. The first-order valence-corrected chi connectivity index (χ1v) is 9.23. The fraction of sp³-hybridized carbons (Fsp3) is 0.435. The average molecular weight is 389 g/mol. The molecular weight excluding hydrogens is 356 g/mol. The van der Waals surface area contributed by atoms with Gasteiger partial charge < -0.3 is 19.3 Å². The molecule has 0 aliphatic rings. The van der Waals surface area contributed by atoms with Crippen LogP contribution in [0.2, 0.25) is 0 Å². The third kappa shape index (κ3) is 8.11. The molecule has 0 amide bonds. The van der Waals surface area contributed by atoms with E-state index >= 15 is 0 Å². The minimum Gasteiger partial charge on any atom is -0.478 e. The molecule has 1 N–H and O–H groups in total. The van der Waals surface area contributed by atoms with Gasteiger partial charge in [0.25, 0.3) is 0 Å². The van der Waals surface area contributed by atoms with E-state index in [1.165, 1.54) is 6.08 Å². The molecule has 0 saturated carbocycles. The Morgan fingerprint density at radius 2 is 1.93 bits per heavy atom. The predicted octanol–water partition coefficient (Wildman–Crippen LogP) is 5.32. The number of ether oxygens (including phenoxy) is 3. The third-order valence-electron chi connectivity index (χ3n) is 4.15. The van der Waals surface area contributed by atoms with Gasteiger partial charge in [0.1, 0.15) is 5.75 Å². The van der Waals surface area contributed by atoms with Crippen LogP contribution in [0.25, 0.3) is 5.57 Å². The number of carboxylic acids is 1. The molecule has 0 aliphatic heterocycles. The quantitative estimate of drug-likeness (QED) is 0.352. The molecule has 1 unspecified atom stereocenters. The number of benzene rings is 1. The molecule has 0 spiro atoms. The molecule has 0 aliphatic carbocycles. The minimum absolute atomic E-state index is 0.102. The highest BCUT2D eigenvalue weighted by atomic mass is 16.7. The van der Waals surface area contributed by atoms with Crippen molar-refractivity contribution in [2.75, 3.05) is 13.9 Å². The summed E-state index contributed by atoms with van der Waals surface area (Å²) >= 11 is 0. The topological polar surface area (TPSA) is 65.0 Å². The van der Waals surface area contributed by atoms with E-state index < -0.39 is 5.97 Å². The lowest BCUT2D eigenvalue weighted by Gasteiger charge is -2.24. The maximum Gasteiger partial charge on any atom is 0.328 e. The van der Waals surface area contributed by atoms with Gasteiger partial charge in [-0.3, -0.25) is 0 Å². The summed E-state index contributed by atoms with van der Waals surface area (Å²) < 4.78 is 16.3. The Kier molecular flexibility index (Phi) is 9.16. The van der Waals surface area contributed by atoms with Crippen molar-refractivity contribution in [2.45, 2.75) is 53.2 Å². The van der Waals surface area contributed by atoms with Gasteiger partial charge in [-0.05, 0) is 55.0 Å². The number of allylic oxidation sites excluding steroid dienone is 5. The Morgan fingerprint density at radius 3 is 2.50 bits per heavy atom. The molecule has 28 heavy (non-hydrogen) atoms. The Bertz CT molecular complexity index is 751. The number of aliphatic carboxylic acids is 1. The van der Waals surface area contributed by atoms with E-state index in [9.17, 15) is 4.79 Å². The van der Waals surface area contributed by atoms with Crippen LogP contribution < -0.4 is 4.74 Å². The largest absolute Gasteiger partial charge is 0.478 e. The van der Waals surface area contributed by atoms with Crippen molar-refractivity contribution in [3.8, 4) is 5.75 Å². The Labute approximate surface area is 168 Å². The first-order chi connectivity index (χ1) is 13.0. The van der Waals surface area contributed by atoms with Gasteiger partial charge in [0.05, 0.1) is 0 Å². The highest BCUT2D eigenvalue weighted by Crippen LogP contribution is 2.34. The molecule has 0 radical (unpaired) electrons. The van der Waals surface area contributed by atoms with Crippen LogP contribution in [0.15, 0.2) is 48.1 Å². The second-order valence-electron chi connectivity index (χ2n) is 7.63. The zero-order chi connectivity index (χ0) is 21.3. The number of hydrogen-bond donors (Lipinski definition) is 1. The SMILES string of the molecule is COC(C)OCOc1ccc(/C(C)=C/C=C/C(C)=C/C(=O)O)cc1C(C)(C)C. The van der Waals surface area contributed by atoms with Gasteiger partial charge in [0, 0.05) is 18.7 Å². The molecule has 0 aromatic heterocycles. The Hall–Kier alpha value is -2.37. The van der Waals surface area contributed by atoms with Crippen molar-refractivity contribution in [1.82, 2.24) is 0 Å². The predicted molar refractivity (Wildman–Crippen MR) is 112 cm³/mol. The summed E-state index contributed by atoms with van der Waals surface area (Å²) in [5.74, 6) is -0.166. The summed E-state index contributed by atoms with van der Waals surface area (Å²) in [4.78, 5) is 10.7. The zero-order valence-corrected chi connectivity index (χ0v) is 17.9. The Morgan fingerprint density at radius 1 is 1.25 bits per heavy atom. The van der Waals surface area contributed by atoms with Gasteiger partial charge in [-0.15, -0.1) is 0 Å².